The van der Waals surface area contributed by atoms with Gasteiger partial charge in [0.1, 0.15) is 5.70 Å². The number of primary amides is 1. The number of hydrogen-bond acceptors (Lipinski definition) is 7. The molecule has 0 spiro atoms. The molecular formula is C23H27N3O5. The molecule has 8 heteroatoms. The molecule has 2 heterocycles. The monoisotopic (exact) mass is 425 g/mol. The summed E-state index contributed by atoms with van der Waals surface area (Å²) in [6.45, 7) is 3.86. The number of esters is 2. The molecule has 0 radical (unpaired) electrons. The van der Waals surface area contributed by atoms with Crippen LogP contribution in [0.1, 0.15) is 30.1 Å². The molecule has 2 aliphatic heterocycles. The lowest BCUT2D eigenvalue weighted by Gasteiger charge is -2.36. The van der Waals surface area contributed by atoms with Crippen molar-refractivity contribution >= 4 is 29.2 Å². The number of rotatable bonds is 5. The lowest BCUT2D eigenvalue weighted by molar-refractivity contribution is -0.139. The highest BCUT2D eigenvalue weighted by molar-refractivity contribution is 6.06. The quantitative estimate of drug-likeness (QED) is 0.723. The van der Waals surface area contributed by atoms with Crippen LogP contribution in [0.25, 0.3) is 0 Å². The maximum Gasteiger partial charge on any atom is 0.355 e. The van der Waals surface area contributed by atoms with Crippen molar-refractivity contribution in [3.8, 4) is 0 Å². The highest BCUT2D eigenvalue weighted by Crippen LogP contribution is 2.37. The van der Waals surface area contributed by atoms with Gasteiger partial charge in [0.2, 0.25) is 5.91 Å². The number of allylic oxidation sites excluding steroid dienone is 2. The van der Waals surface area contributed by atoms with E-state index in [1.54, 1.807) is 35.4 Å². The second-order valence-electron chi connectivity index (χ2n) is 7.58. The summed E-state index contributed by atoms with van der Waals surface area (Å²) < 4.78 is 9.86. The Morgan fingerprint density at radius 3 is 2.45 bits per heavy atom. The predicted molar refractivity (Wildman–Crippen MR) is 117 cm³/mol. The van der Waals surface area contributed by atoms with Crippen molar-refractivity contribution in [3.63, 3.8) is 0 Å². The Labute approximate surface area is 181 Å². The molecular weight excluding hydrogens is 398 g/mol. The summed E-state index contributed by atoms with van der Waals surface area (Å²) in [6.07, 6.45) is 8.64. The molecule has 31 heavy (non-hydrogen) atoms. The Kier molecular flexibility index (Phi) is 6.79. The number of benzene rings is 1. The summed E-state index contributed by atoms with van der Waals surface area (Å²) in [5.74, 6) is -1.47. The molecule has 1 aromatic rings. The Balaban J connectivity index is 2.24. The van der Waals surface area contributed by atoms with Crippen molar-refractivity contribution in [2.45, 2.75) is 19.8 Å². The van der Waals surface area contributed by atoms with E-state index in [1.165, 1.54) is 20.3 Å². The van der Waals surface area contributed by atoms with Crippen LogP contribution in [0.2, 0.25) is 0 Å². The molecule has 2 aliphatic rings. The van der Waals surface area contributed by atoms with E-state index < -0.39 is 17.8 Å². The SMILES string of the molecule is COC(=O)C1=C(C(=O)OC)N(c2cc(C(N)=O)ccc2N2CCCC(C)C2)C=CC=C1. The molecule has 1 aromatic carbocycles. The Morgan fingerprint density at radius 1 is 1.06 bits per heavy atom. The highest BCUT2D eigenvalue weighted by atomic mass is 16.5. The van der Waals surface area contributed by atoms with Crippen LogP contribution in [-0.2, 0) is 19.1 Å². The van der Waals surface area contributed by atoms with Crippen LogP contribution in [0.15, 0.2) is 53.9 Å². The molecule has 0 aliphatic carbocycles. The summed E-state index contributed by atoms with van der Waals surface area (Å²) >= 11 is 0. The fourth-order valence-electron chi connectivity index (χ4n) is 3.90. The zero-order valence-corrected chi connectivity index (χ0v) is 18.0. The molecule has 164 valence electrons. The van der Waals surface area contributed by atoms with Gasteiger partial charge in [0.25, 0.3) is 0 Å². The Morgan fingerprint density at radius 2 is 1.81 bits per heavy atom. The van der Waals surface area contributed by atoms with Crippen molar-refractivity contribution in [1.82, 2.24) is 0 Å². The Bertz CT molecular complexity index is 979. The molecule has 1 atom stereocenters. The third kappa shape index (κ3) is 4.63. The Hall–Kier alpha value is -3.55. The van der Waals surface area contributed by atoms with Gasteiger partial charge in [0, 0.05) is 24.9 Å². The van der Waals surface area contributed by atoms with Gasteiger partial charge in [-0.05, 0) is 49.1 Å². The van der Waals surface area contributed by atoms with Crippen molar-refractivity contribution in [3.05, 3.63) is 59.5 Å². The highest BCUT2D eigenvalue weighted by Gasteiger charge is 2.30. The summed E-state index contributed by atoms with van der Waals surface area (Å²) in [5, 5.41) is 0. The van der Waals surface area contributed by atoms with E-state index in [0.717, 1.165) is 31.6 Å². The first-order chi connectivity index (χ1) is 14.9. The first-order valence-corrected chi connectivity index (χ1v) is 10.1. The van der Waals surface area contributed by atoms with Gasteiger partial charge in [-0.15, -0.1) is 0 Å². The third-order valence-electron chi connectivity index (χ3n) is 5.41. The van der Waals surface area contributed by atoms with Gasteiger partial charge in [0.15, 0.2) is 0 Å². The maximum atomic E-state index is 12.8. The second-order valence-corrected chi connectivity index (χ2v) is 7.58. The van der Waals surface area contributed by atoms with Crippen LogP contribution in [-0.4, -0.2) is 45.2 Å². The minimum atomic E-state index is -0.709. The number of nitrogens with zero attached hydrogens (tertiary/aromatic N) is 2. The molecule has 2 N–H and O–H groups in total. The van der Waals surface area contributed by atoms with E-state index in [0.29, 0.717) is 17.2 Å². The van der Waals surface area contributed by atoms with Gasteiger partial charge in [-0.1, -0.05) is 13.0 Å². The largest absolute Gasteiger partial charge is 0.465 e. The molecule has 0 saturated carbocycles. The average molecular weight is 425 g/mol. The molecule has 1 saturated heterocycles. The van der Waals surface area contributed by atoms with Gasteiger partial charge in [-0.2, -0.15) is 0 Å². The molecule has 1 unspecified atom stereocenters. The summed E-state index contributed by atoms with van der Waals surface area (Å²) in [6, 6.07) is 5.12. The van der Waals surface area contributed by atoms with E-state index >= 15 is 0 Å². The van der Waals surface area contributed by atoms with Gasteiger partial charge in [-0.3, -0.25) is 4.79 Å². The average Bonchev–Trinajstić information content (AvgIpc) is 3.00. The van der Waals surface area contributed by atoms with Crippen LogP contribution in [0.3, 0.4) is 0 Å². The molecule has 1 amide bonds. The van der Waals surface area contributed by atoms with Gasteiger partial charge < -0.3 is 25.0 Å². The first kappa shape index (κ1) is 22.1. The van der Waals surface area contributed by atoms with E-state index in [2.05, 4.69) is 11.8 Å². The number of ether oxygens (including phenoxy) is 2. The normalized spacial score (nSPS) is 18.6. The lowest BCUT2D eigenvalue weighted by Crippen LogP contribution is -2.36. The van der Waals surface area contributed by atoms with Crippen molar-refractivity contribution in [2.75, 3.05) is 37.1 Å². The number of hydrogen-bond donors (Lipinski definition) is 1. The van der Waals surface area contributed by atoms with Crippen LogP contribution < -0.4 is 15.5 Å². The molecule has 0 bridgehead atoms. The fourth-order valence-corrected chi connectivity index (χ4v) is 3.90. The second kappa shape index (κ2) is 9.51. The summed E-state index contributed by atoms with van der Waals surface area (Å²) in [4.78, 5) is 40.9. The molecule has 8 nitrogen and oxygen atoms in total. The zero-order valence-electron chi connectivity index (χ0n) is 18.0. The number of piperidine rings is 1. The molecule has 0 aromatic heterocycles. The van der Waals surface area contributed by atoms with E-state index in [4.69, 9.17) is 15.2 Å². The predicted octanol–water partition coefficient (Wildman–Crippen LogP) is 2.51. The topological polar surface area (TPSA) is 102 Å². The van der Waals surface area contributed by atoms with Gasteiger partial charge >= 0.3 is 11.9 Å². The van der Waals surface area contributed by atoms with Gasteiger partial charge in [-0.25, -0.2) is 9.59 Å². The molecule has 3 rings (SSSR count). The summed E-state index contributed by atoms with van der Waals surface area (Å²) in [7, 11) is 2.49. The summed E-state index contributed by atoms with van der Waals surface area (Å²) in [5.41, 5.74) is 7.23. The number of methoxy groups -OCH3 is 2. The number of carbonyl (C=O) groups is 3. The zero-order chi connectivity index (χ0) is 22.5. The maximum absolute atomic E-state index is 12.8. The number of nitrogens with two attached hydrogens (primary N) is 1. The van der Waals surface area contributed by atoms with E-state index in [1.807, 2.05) is 6.07 Å². The van der Waals surface area contributed by atoms with Crippen LogP contribution in [0, 0.1) is 5.92 Å². The number of anilines is 2. The van der Waals surface area contributed by atoms with Gasteiger partial charge in [0.05, 0.1) is 31.2 Å². The minimum absolute atomic E-state index is 0.00715. The van der Waals surface area contributed by atoms with Crippen molar-refractivity contribution < 1.29 is 23.9 Å². The van der Waals surface area contributed by atoms with E-state index in [9.17, 15) is 14.4 Å². The fraction of sp³-hybridized carbons (Fsp3) is 0.348. The van der Waals surface area contributed by atoms with Crippen LogP contribution >= 0.6 is 0 Å². The standard InChI is InChI=1S/C23H27N3O5/c1-15-7-6-11-25(14-15)18-10-9-16(21(24)27)13-19(18)26-12-5-4-8-17(22(28)30-2)20(26)23(29)31-3/h4-5,8-10,12-13,15H,6-7,11,14H2,1-3H3,(H2,24,27). The van der Waals surface area contributed by atoms with Crippen molar-refractivity contribution in [2.24, 2.45) is 11.7 Å². The smallest absolute Gasteiger partial charge is 0.355 e. The minimum Gasteiger partial charge on any atom is -0.465 e. The van der Waals surface area contributed by atoms with Crippen LogP contribution in [0.5, 0.6) is 0 Å². The third-order valence-corrected chi connectivity index (χ3v) is 5.41. The lowest BCUT2D eigenvalue weighted by atomic mass is 9.99. The molecule has 1 fully saturated rings. The van der Waals surface area contributed by atoms with Crippen LogP contribution in [0.4, 0.5) is 11.4 Å². The van der Waals surface area contributed by atoms with Crippen molar-refractivity contribution in [1.29, 1.82) is 0 Å². The number of amides is 1. The number of carbonyl (C=O) groups excluding carboxylic acids is 3. The first-order valence-electron chi connectivity index (χ1n) is 10.1. The van der Waals surface area contributed by atoms with E-state index in [-0.39, 0.29) is 11.3 Å².